The maximum absolute atomic E-state index is 11.3. The zero-order chi connectivity index (χ0) is 10.7. The van der Waals surface area contributed by atoms with Crippen LogP contribution in [0.2, 0.25) is 0 Å². The molecular formula is C8H10N2O3S2. The topological polar surface area (TPSA) is 72.3 Å². The first-order valence-corrected chi connectivity index (χ1v) is 6.19. The molecule has 2 heterocycles. The van der Waals surface area contributed by atoms with E-state index < -0.39 is 10.7 Å². The van der Waals surface area contributed by atoms with E-state index in [2.05, 4.69) is 10.2 Å². The highest BCUT2D eigenvalue weighted by molar-refractivity contribution is 8.03. The van der Waals surface area contributed by atoms with E-state index in [0.717, 1.165) is 0 Å². The first kappa shape index (κ1) is 10.8. The van der Waals surface area contributed by atoms with E-state index in [9.17, 15) is 9.90 Å². The monoisotopic (exact) mass is 246 g/mol. The smallest absolute Gasteiger partial charge is 0.320 e. The lowest BCUT2D eigenvalue weighted by molar-refractivity contribution is -0.142. The number of carboxylic acid groups (broad SMARTS) is 1. The number of hydrogen-bond acceptors (Lipinski definition) is 6. The molecule has 0 radical (unpaired) electrons. The second kappa shape index (κ2) is 4.46. The summed E-state index contributed by atoms with van der Waals surface area (Å²) >= 11 is 2.66. The Labute approximate surface area is 94.9 Å². The van der Waals surface area contributed by atoms with Crippen molar-refractivity contribution in [2.24, 2.45) is 0 Å². The average molecular weight is 246 g/mol. The quantitative estimate of drug-likeness (QED) is 0.865. The van der Waals surface area contributed by atoms with Crippen molar-refractivity contribution in [1.82, 2.24) is 10.2 Å². The number of thioether (sulfide) groups is 1. The van der Waals surface area contributed by atoms with Crippen LogP contribution in [-0.2, 0) is 9.53 Å². The summed E-state index contributed by atoms with van der Waals surface area (Å²) in [6.45, 7) is 0.996. The lowest BCUT2D eigenvalue weighted by Gasteiger charge is -2.31. The van der Waals surface area contributed by atoms with Gasteiger partial charge in [-0.15, -0.1) is 10.2 Å². The molecule has 0 saturated carbocycles. The largest absolute Gasteiger partial charge is 0.480 e. The molecule has 1 aliphatic rings. The number of nitrogens with zero attached hydrogens (tertiary/aromatic N) is 2. The lowest BCUT2D eigenvalue weighted by Crippen LogP contribution is -2.40. The van der Waals surface area contributed by atoms with Gasteiger partial charge in [0.2, 0.25) is 0 Å². The fraction of sp³-hybridized carbons (Fsp3) is 0.625. The molecule has 1 aromatic heterocycles. The van der Waals surface area contributed by atoms with E-state index in [1.54, 1.807) is 5.51 Å². The summed E-state index contributed by atoms with van der Waals surface area (Å²) in [6, 6.07) is 0. The number of carbonyl (C=O) groups is 1. The molecule has 82 valence electrons. The summed E-state index contributed by atoms with van der Waals surface area (Å²) in [7, 11) is 0. The van der Waals surface area contributed by atoms with Crippen LogP contribution in [0, 0.1) is 0 Å². The molecule has 7 heteroatoms. The third-order valence-electron chi connectivity index (χ3n) is 2.31. The molecule has 15 heavy (non-hydrogen) atoms. The van der Waals surface area contributed by atoms with Gasteiger partial charge in [-0.1, -0.05) is 23.1 Å². The van der Waals surface area contributed by atoms with Gasteiger partial charge in [0.1, 0.15) is 10.3 Å². The SMILES string of the molecule is O=C(O)C1(Sc2nncs2)CCOCC1. The molecule has 0 bridgehead atoms. The highest BCUT2D eigenvalue weighted by atomic mass is 32.2. The summed E-state index contributed by atoms with van der Waals surface area (Å²) < 4.78 is 5.11. The van der Waals surface area contributed by atoms with Gasteiger partial charge in [-0.05, 0) is 12.8 Å². The number of hydrogen-bond donors (Lipinski definition) is 1. The minimum atomic E-state index is -0.786. The Balaban J connectivity index is 2.15. The van der Waals surface area contributed by atoms with Crippen LogP contribution in [0.25, 0.3) is 0 Å². The normalized spacial score (nSPS) is 20.0. The summed E-state index contributed by atoms with van der Waals surface area (Å²) in [4.78, 5) is 11.3. The van der Waals surface area contributed by atoms with Crippen molar-refractivity contribution in [3.8, 4) is 0 Å². The minimum absolute atomic E-state index is 0.498. The van der Waals surface area contributed by atoms with Crippen molar-refractivity contribution in [3.63, 3.8) is 0 Å². The van der Waals surface area contributed by atoms with Crippen molar-refractivity contribution >= 4 is 29.1 Å². The third kappa shape index (κ3) is 2.30. The Morgan fingerprint density at radius 1 is 1.60 bits per heavy atom. The lowest BCUT2D eigenvalue weighted by atomic mass is 9.99. The molecule has 1 aromatic rings. The molecule has 0 amide bonds. The summed E-state index contributed by atoms with van der Waals surface area (Å²) in [5, 5.41) is 16.8. The molecule has 0 atom stereocenters. The van der Waals surface area contributed by atoms with Gasteiger partial charge >= 0.3 is 5.97 Å². The molecule has 0 aromatic carbocycles. The Kier molecular flexibility index (Phi) is 3.22. The van der Waals surface area contributed by atoms with E-state index in [4.69, 9.17) is 4.74 Å². The zero-order valence-corrected chi connectivity index (χ0v) is 9.51. The van der Waals surface area contributed by atoms with Crippen molar-refractivity contribution < 1.29 is 14.6 Å². The van der Waals surface area contributed by atoms with Gasteiger partial charge in [0.05, 0.1) is 0 Å². The molecule has 0 aliphatic carbocycles. The fourth-order valence-corrected chi connectivity index (χ4v) is 3.39. The van der Waals surface area contributed by atoms with Crippen molar-refractivity contribution in [3.05, 3.63) is 5.51 Å². The standard InChI is InChI=1S/C8H10N2O3S2/c11-6(12)8(1-3-13-4-2-8)15-7-10-9-5-14-7/h5H,1-4H2,(H,11,12). The fourth-order valence-electron chi connectivity index (χ4n) is 1.44. The van der Waals surface area contributed by atoms with Crippen LogP contribution < -0.4 is 0 Å². The first-order chi connectivity index (χ1) is 7.23. The van der Waals surface area contributed by atoms with Crippen molar-refractivity contribution in [1.29, 1.82) is 0 Å². The maximum Gasteiger partial charge on any atom is 0.320 e. The number of aromatic nitrogens is 2. The van der Waals surface area contributed by atoms with Crippen LogP contribution >= 0.6 is 23.1 Å². The first-order valence-electron chi connectivity index (χ1n) is 4.49. The molecule has 1 N–H and O–H groups in total. The van der Waals surface area contributed by atoms with E-state index in [-0.39, 0.29) is 0 Å². The summed E-state index contributed by atoms with van der Waals surface area (Å²) in [5.41, 5.74) is 1.61. The van der Waals surface area contributed by atoms with E-state index in [0.29, 0.717) is 30.4 Å². The van der Waals surface area contributed by atoms with Crippen molar-refractivity contribution in [2.45, 2.75) is 21.9 Å². The maximum atomic E-state index is 11.3. The van der Waals surface area contributed by atoms with Gasteiger partial charge in [0.25, 0.3) is 0 Å². The number of rotatable bonds is 3. The average Bonchev–Trinajstić information content (AvgIpc) is 2.71. The number of carboxylic acids is 1. The molecule has 0 spiro atoms. The third-order valence-corrected chi connectivity index (χ3v) is 4.56. The summed E-state index contributed by atoms with van der Waals surface area (Å²) in [6.07, 6.45) is 1.04. The predicted molar refractivity (Wildman–Crippen MR) is 56.2 cm³/mol. The van der Waals surface area contributed by atoms with Crippen molar-refractivity contribution in [2.75, 3.05) is 13.2 Å². The second-order valence-electron chi connectivity index (χ2n) is 3.22. The minimum Gasteiger partial charge on any atom is -0.480 e. The van der Waals surface area contributed by atoms with Crippen LogP contribution in [-0.4, -0.2) is 39.2 Å². The zero-order valence-electron chi connectivity index (χ0n) is 7.88. The molecule has 1 aliphatic heterocycles. The van der Waals surface area contributed by atoms with Crippen LogP contribution in [0.1, 0.15) is 12.8 Å². The molecule has 1 saturated heterocycles. The molecule has 5 nitrogen and oxygen atoms in total. The molecular weight excluding hydrogens is 236 g/mol. The van der Waals surface area contributed by atoms with E-state index in [1.165, 1.54) is 23.1 Å². The van der Waals surface area contributed by atoms with Gasteiger partial charge in [-0.3, -0.25) is 4.79 Å². The summed E-state index contributed by atoms with van der Waals surface area (Å²) in [5.74, 6) is -0.786. The second-order valence-corrected chi connectivity index (χ2v) is 5.68. The Hall–Kier alpha value is -0.660. The number of ether oxygens (including phenoxy) is 1. The number of aliphatic carboxylic acids is 1. The van der Waals surface area contributed by atoms with Gasteiger partial charge in [0.15, 0.2) is 4.34 Å². The molecule has 0 unspecified atom stereocenters. The van der Waals surface area contributed by atoms with Crippen LogP contribution in [0.5, 0.6) is 0 Å². The van der Waals surface area contributed by atoms with Crippen LogP contribution in [0.15, 0.2) is 9.85 Å². The van der Waals surface area contributed by atoms with Gasteiger partial charge < -0.3 is 9.84 Å². The molecule has 2 rings (SSSR count). The van der Waals surface area contributed by atoms with Gasteiger partial charge in [0, 0.05) is 13.2 Å². The van der Waals surface area contributed by atoms with E-state index >= 15 is 0 Å². The predicted octanol–water partition coefficient (Wildman–Crippen LogP) is 1.26. The van der Waals surface area contributed by atoms with Crippen LogP contribution in [0.3, 0.4) is 0 Å². The Morgan fingerprint density at radius 2 is 2.33 bits per heavy atom. The van der Waals surface area contributed by atoms with Gasteiger partial charge in [-0.2, -0.15) is 0 Å². The Bertz CT molecular complexity index is 336. The molecule has 1 fully saturated rings. The highest BCUT2D eigenvalue weighted by Crippen LogP contribution is 2.41. The van der Waals surface area contributed by atoms with E-state index in [1.807, 2.05) is 0 Å². The van der Waals surface area contributed by atoms with Gasteiger partial charge in [-0.25, -0.2) is 0 Å². The Morgan fingerprint density at radius 3 is 2.87 bits per heavy atom. The highest BCUT2D eigenvalue weighted by Gasteiger charge is 2.42. The van der Waals surface area contributed by atoms with Crippen LogP contribution in [0.4, 0.5) is 0 Å².